The van der Waals surface area contributed by atoms with Gasteiger partial charge in [-0.15, -0.1) is 0 Å². The largest absolute Gasteiger partial charge is 0.315 e. The number of hydrogen-bond acceptors (Lipinski definition) is 2. The second-order valence-electron chi connectivity index (χ2n) is 6.36. The molecule has 2 heteroatoms. The Kier molecular flexibility index (Phi) is 4.02. The lowest BCUT2D eigenvalue weighted by Gasteiger charge is -2.43. The maximum atomic E-state index is 3.62. The predicted molar refractivity (Wildman–Crippen MR) is 72.2 cm³/mol. The van der Waals surface area contributed by atoms with Crippen LogP contribution in [0, 0.1) is 5.92 Å². The highest BCUT2D eigenvalue weighted by molar-refractivity contribution is 4.94. The van der Waals surface area contributed by atoms with Crippen LogP contribution in [-0.2, 0) is 0 Å². The summed E-state index contributed by atoms with van der Waals surface area (Å²) in [6.45, 7) is 3.93. The van der Waals surface area contributed by atoms with Gasteiger partial charge in [-0.05, 0) is 44.7 Å². The predicted octanol–water partition coefficient (Wildman–Crippen LogP) is 2.78. The average Bonchev–Trinajstić information content (AvgIpc) is 2.76. The zero-order valence-electron chi connectivity index (χ0n) is 11.2. The highest BCUT2D eigenvalue weighted by Gasteiger charge is 2.37. The molecule has 2 unspecified atom stereocenters. The normalized spacial score (nSPS) is 37.4. The molecule has 2 heterocycles. The summed E-state index contributed by atoms with van der Waals surface area (Å²) in [5.41, 5.74) is 0. The van der Waals surface area contributed by atoms with E-state index in [1.807, 2.05) is 0 Å². The summed E-state index contributed by atoms with van der Waals surface area (Å²) in [6.07, 6.45) is 13.3. The molecular weight excluding hydrogens is 208 g/mol. The van der Waals surface area contributed by atoms with Gasteiger partial charge in [-0.1, -0.05) is 32.1 Å². The van der Waals surface area contributed by atoms with Gasteiger partial charge in [0.25, 0.3) is 0 Å². The Morgan fingerprint density at radius 1 is 0.765 bits per heavy atom. The SMILES string of the molecule is C1CCCC(N2CCCC3CNCC32)CCC1. The Labute approximate surface area is 106 Å². The Morgan fingerprint density at radius 3 is 2.35 bits per heavy atom. The molecule has 0 amide bonds. The van der Waals surface area contributed by atoms with Crippen LogP contribution in [0.15, 0.2) is 0 Å². The third-order valence-electron chi connectivity index (χ3n) is 5.27. The molecule has 3 rings (SSSR count). The number of fused-ring (bicyclic) bond motifs is 1. The topological polar surface area (TPSA) is 15.3 Å². The van der Waals surface area contributed by atoms with E-state index in [4.69, 9.17) is 0 Å². The van der Waals surface area contributed by atoms with Gasteiger partial charge in [0.1, 0.15) is 0 Å². The molecule has 98 valence electrons. The summed E-state index contributed by atoms with van der Waals surface area (Å²) in [5, 5.41) is 3.62. The average molecular weight is 236 g/mol. The van der Waals surface area contributed by atoms with Crippen LogP contribution in [0.25, 0.3) is 0 Å². The lowest BCUT2D eigenvalue weighted by molar-refractivity contribution is 0.0635. The van der Waals surface area contributed by atoms with E-state index in [0.717, 1.165) is 18.0 Å². The first kappa shape index (κ1) is 12.0. The molecule has 3 fully saturated rings. The fourth-order valence-corrected chi connectivity index (χ4v) is 4.32. The van der Waals surface area contributed by atoms with Crippen molar-refractivity contribution in [1.82, 2.24) is 10.2 Å². The molecule has 2 saturated heterocycles. The van der Waals surface area contributed by atoms with E-state index in [1.165, 1.54) is 77.4 Å². The molecule has 3 aliphatic rings. The second-order valence-corrected chi connectivity index (χ2v) is 6.36. The van der Waals surface area contributed by atoms with Gasteiger partial charge in [0, 0.05) is 18.6 Å². The lowest BCUT2D eigenvalue weighted by atomic mass is 9.87. The minimum atomic E-state index is 0.883. The van der Waals surface area contributed by atoms with E-state index in [1.54, 1.807) is 0 Å². The first-order valence-corrected chi connectivity index (χ1v) is 7.91. The maximum Gasteiger partial charge on any atom is 0.0263 e. The van der Waals surface area contributed by atoms with Crippen LogP contribution in [0.1, 0.15) is 57.8 Å². The van der Waals surface area contributed by atoms with Crippen LogP contribution in [0.5, 0.6) is 0 Å². The molecule has 2 aliphatic heterocycles. The molecule has 1 aliphatic carbocycles. The minimum Gasteiger partial charge on any atom is -0.315 e. The van der Waals surface area contributed by atoms with E-state index in [0.29, 0.717) is 0 Å². The smallest absolute Gasteiger partial charge is 0.0263 e. The highest BCUT2D eigenvalue weighted by Crippen LogP contribution is 2.32. The van der Waals surface area contributed by atoms with Gasteiger partial charge in [-0.25, -0.2) is 0 Å². The third kappa shape index (κ3) is 2.68. The number of nitrogens with zero attached hydrogens (tertiary/aromatic N) is 1. The van der Waals surface area contributed by atoms with Crippen molar-refractivity contribution in [2.75, 3.05) is 19.6 Å². The zero-order valence-corrected chi connectivity index (χ0v) is 11.2. The van der Waals surface area contributed by atoms with Crippen molar-refractivity contribution in [3.05, 3.63) is 0 Å². The van der Waals surface area contributed by atoms with Gasteiger partial charge < -0.3 is 5.32 Å². The third-order valence-corrected chi connectivity index (χ3v) is 5.27. The lowest BCUT2D eigenvalue weighted by Crippen LogP contribution is -2.50. The first-order chi connectivity index (χ1) is 8.45. The van der Waals surface area contributed by atoms with Crippen molar-refractivity contribution < 1.29 is 0 Å². The van der Waals surface area contributed by atoms with E-state index in [9.17, 15) is 0 Å². The van der Waals surface area contributed by atoms with Gasteiger partial charge in [0.15, 0.2) is 0 Å². The van der Waals surface area contributed by atoms with Crippen LogP contribution in [0.3, 0.4) is 0 Å². The Bertz CT molecular complexity index is 233. The Balaban J connectivity index is 1.64. The van der Waals surface area contributed by atoms with Crippen LogP contribution in [0.4, 0.5) is 0 Å². The van der Waals surface area contributed by atoms with Crippen molar-refractivity contribution in [3.8, 4) is 0 Å². The fraction of sp³-hybridized carbons (Fsp3) is 1.00. The van der Waals surface area contributed by atoms with Crippen molar-refractivity contribution in [3.63, 3.8) is 0 Å². The molecule has 0 radical (unpaired) electrons. The molecule has 2 atom stereocenters. The molecule has 0 aromatic carbocycles. The molecule has 1 N–H and O–H groups in total. The Hall–Kier alpha value is -0.0800. The van der Waals surface area contributed by atoms with Gasteiger partial charge in [0.2, 0.25) is 0 Å². The highest BCUT2D eigenvalue weighted by atomic mass is 15.2. The summed E-state index contributed by atoms with van der Waals surface area (Å²) in [7, 11) is 0. The number of rotatable bonds is 1. The second kappa shape index (κ2) is 5.71. The monoisotopic (exact) mass is 236 g/mol. The van der Waals surface area contributed by atoms with Crippen LogP contribution < -0.4 is 5.32 Å². The summed E-state index contributed by atoms with van der Waals surface area (Å²) in [4.78, 5) is 2.90. The molecule has 1 saturated carbocycles. The van der Waals surface area contributed by atoms with Crippen LogP contribution in [-0.4, -0.2) is 36.6 Å². The maximum absolute atomic E-state index is 3.62. The van der Waals surface area contributed by atoms with Gasteiger partial charge in [-0.2, -0.15) is 0 Å². The first-order valence-electron chi connectivity index (χ1n) is 7.91. The van der Waals surface area contributed by atoms with E-state index < -0.39 is 0 Å². The fourth-order valence-electron chi connectivity index (χ4n) is 4.32. The Morgan fingerprint density at radius 2 is 1.53 bits per heavy atom. The van der Waals surface area contributed by atoms with E-state index in [2.05, 4.69) is 10.2 Å². The molecule has 0 bridgehead atoms. The quantitative estimate of drug-likeness (QED) is 0.753. The number of hydrogen-bond donors (Lipinski definition) is 1. The van der Waals surface area contributed by atoms with Gasteiger partial charge >= 0.3 is 0 Å². The summed E-state index contributed by atoms with van der Waals surface area (Å²) in [6, 6.07) is 1.80. The van der Waals surface area contributed by atoms with Crippen molar-refractivity contribution in [2.45, 2.75) is 69.9 Å². The molecule has 0 aromatic rings. The van der Waals surface area contributed by atoms with Gasteiger partial charge in [-0.3, -0.25) is 4.90 Å². The molecular formula is C15H28N2. The van der Waals surface area contributed by atoms with Crippen LogP contribution in [0.2, 0.25) is 0 Å². The standard InChI is InChI=1S/C15H28N2/c1-2-4-8-14(9-5-3-1)17-10-6-7-13-11-16-12-15(13)17/h13-16H,1-12H2. The zero-order chi connectivity index (χ0) is 11.5. The van der Waals surface area contributed by atoms with Crippen LogP contribution >= 0.6 is 0 Å². The van der Waals surface area contributed by atoms with Crippen molar-refractivity contribution in [2.24, 2.45) is 5.92 Å². The number of likely N-dealkylation sites (tertiary alicyclic amines) is 1. The number of piperidine rings is 1. The van der Waals surface area contributed by atoms with Gasteiger partial charge in [0.05, 0.1) is 0 Å². The minimum absolute atomic E-state index is 0.883. The molecule has 2 nitrogen and oxygen atoms in total. The number of nitrogens with one attached hydrogen (secondary N) is 1. The van der Waals surface area contributed by atoms with Crippen molar-refractivity contribution >= 4 is 0 Å². The van der Waals surface area contributed by atoms with E-state index in [-0.39, 0.29) is 0 Å². The summed E-state index contributed by atoms with van der Waals surface area (Å²) in [5.74, 6) is 0.967. The molecule has 0 spiro atoms. The van der Waals surface area contributed by atoms with Crippen molar-refractivity contribution in [1.29, 1.82) is 0 Å². The summed E-state index contributed by atoms with van der Waals surface area (Å²) >= 11 is 0. The van der Waals surface area contributed by atoms with E-state index >= 15 is 0 Å². The molecule has 17 heavy (non-hydrogen) atoms. The summed E-state index contributed by atoms with van der Waals surface area (Å²) < 4.78 is 0. The molecule has 0 aromatic heterocycles.